The van der Waals surface area contributed by atoms with Crippen molar-refractivity contribution in [2.45, 2.75) is 6.61 Å². The molecule has 0 fully saturated rings. The highest BCUT2D eigenvalue weighted by atomic mass is 35.5. The molecule has 0 amide bonds. The van der Waals surface area contributed by atoms with Crippen LogP contribution in [0.2, 0.25) is 5.02 Å². The van der Waals surface area contributed by atoms with E-state index in [1.807, 2.05) is 30.3 Å². The van der Waals surface area contributed by atoms with E-state index in [0.717, 1.165) is 10.9 Å². The first-order valence-corrected chi connectivity index (χ1v) is 7.99. The van der Waals surface area contributed by atoms with E-state index in [4.69, 9.17) is 16.3 Å². The van der Waals surface area contributed by atoms with Gasteiger partial charge >= 0.3 is 5.69 Å². The Hall–Kier alpha value is -3.12. The van der Waals surface area contributed by atoms with Crippen LogP contribution in [0, 0.1) is 0 Å². The Morgan fingerprint density at radius 1 is 1.08 bits per heavy atom. The molecule has 0 aliphatic rings. The smallest absolute Gasteiger partial charge is 0.348 e. The van der Waals surface area contributed by atoms with Gasteiger partial charge in [0.1, 0.15) is 17.9 Å². The van der Waals surface area contributed by atoms with Gasteiger partial charge in [0.05, 0.1) is 10.7 Å². The van der Waals surface area contributed by atoms with Crippen LogP contribution in [0.3, 0.4) is 0 Å². The molecule has 0 saturated heterocycles. The van der Waals surface area contributed by atoms with Gasteiger partial charge in [-0.05, 0) is 24.3 Å². The fourth-order valence-corrected chi connectivity index (χ4v) is 2.86. The molecular formula is C18H13ClN4O2. The molecule has 0 radical (unpaired) electrons. The summed E-state index contributed by atoms with van der Waals surface area (Å²) >= 11 is 6.20. The zero-order valence-corrected chi connectivity index (χ0v) is 13.8. The maximum Gasteiger partial charge on any atom is 0.348 e. The summed E-state index contributed by atoms with van der Waals surface area (Å²) in [5.41, 5.74) is 0.937. The summed E-state index contributed by atoms with van der Waals surface area (Å²) < 4.78 is 7.28. The number of nitrogens with one attached hydrogen (secondary N) is 1. The average Bonchev–Trinajstić information content (AvgIpc) is 3.01. The molecule has 6 nitrogen and oxygen atoms in total. The molecule has 0 atom stereocenters. The SMILES string of the molecule is O=c1[nH]nc(COc2cccc3cccnc23)n1-c1ccccc1Cl. The number of rotatable bonds is 4. The lowest BCUT2D eigenvalue weighted by Crippen LogP contribution is -2.18. The van der Waals surface area contributed by atoms with E-state index in [0.29, 0.717) is 22.3 Å². The van der Waals surface area contributed by atoms with Crippen molar-refractivity contribution in [3.8, 4) is 11.4 Å². The standard InChI is InChI=1S/C18H13ClN4O2/c19-13-7-1-2-8-14(13)23-16(21-22-18(23)24)11-25-15-9-3-5-12-6-4-10-20-17(12)15/h1-10H,11H2,(H,22,24). The van der Waals surface area contributed by atoms with E-state index in [2.05, 4.69) is 15.2 Å². The molecule has 124 valence electrons. The molecule has 0 bridgehead atoms. The molecule has 25 heavy (non-hydrogen) atoms. The molecule has 4 aromatic rings. The number of aromatic nitrogens is 4. The van der Waals surface area contributed by atoms with Crippen LogP contribution in [-0.2, 0) is 6.61 Å². The fraction of sp³-hybridized carbons (Fsp3) is 0.0556. The Bertz CT molecular complexity index is 1100. The Balaban J connectivity index is 1.69. The van der Waals surface area contributed by atoms with Crippen molar-refractivity contribution < 1.29 is 4.74 Å². The third-order valence-electron chi connectivity index (χ3n) is 3.79. The largest absolute Gasteiger partial charge is 0.483 e. The third-order valence-corrected chi connectivity index (χ3v) is 4.11. The Morgan fingerprint density at radius 3 is 2.80 bits per heavy atom. The van der Waals surface area contributed by atoms with Gasteiger partial charge in [-0.25, -0.2) is 14.5 Å². The summed E-state index contributed by atoms with van der Waals surface area (Å²) in [5.74, 6) is 1.05. The summed E-state index contributed by atoms with van der Waals surface area (Å²) in [6.07, 6.45) is 1.71. The minimum atomic E-state index is -0.372. The van der Waals surface area contributed by atoms with Gasteiger partial charge in [-0.3, -0.25) is 4.98 Å². The fourth-order valence-electron chi connectivity index (χ4n) is 2.64. The molecule has 0 saturated carbocycles. The summed E-state index contributed by atoms with van der Waals surface area (Å²) in [6.45, 7) is 0.0969. The van der Waals surface area contributed by atoms with Crippen LogP contribution >= 0.6 is 11.6 Å². The highest BCUT2D eigenvalue weighted by Crippen LogP contribution is 2.24. The van der Waals surface area contributed by atoms with Crippen LogP contribution in [0.25, 0.3) is 16.6 Å². The number of fused-ring (bicyclic) bond motifs is 1. The van der Waals surface area contributed by atoms with Crippen molar-refractivity contribution >= 4 is 22.5 Å². The number of halogens is 1. The number of pyridine rings is 1. The van der Waals surface area contributed by atoms with Crippen LogP contribution in [-0.4, -0.2) is 19.7 Å². The van der Waals surface area contributed by atoms with Crippen LogP contribution in [0.15, 0.2) is 65.6 Å². The third kappa shape index (κ3) is 2.88. The van der Waals surface area contributed by atoms with Gasteiger partial charge in [-0.15, -0.1) is 0 Å². The average molecular weight is 353 g/mol. The first kappa shape index (κ1) is 15.4. The number of aromatic amines is 1. The lowest BCUT2D eigenvalue weighted by molar-refractivity contribution is 0.296. The minimum absolute atomic E-state index is 0.0969. The number of ether oxygens (including phenoxy) is 1. The quantitative estimate of drug-likeness (QED) is 0.611. The molecule has 0 spiro atoms. The van der Waals surface area contributed by atoms with Crippen molar-refractivity contribution in [2.24, 2.45) is 0 Å². The molecule has 7 heteroatoms. The van der Waals surface area contributed by atoms with Crippen LogP contribution < -0.4 is 10.4 Å². The van der Waals surface area contributed by atoms with Gasteiger partial charge in [0, 0.05) is 11.6 Å². The zero-order chi connectivity index (χ0) is 17.2. The van der Waals surface area contributed by atoms with Crippen LogP contribution in [0.1, 0.15) is 5.82 Å². The monoisotopic (exact) mass is 352 g/mol. The number of para-hydroxylation sites is 2. The van der Waals surface area contributed by atoms with E-state index >= 15 is 0 Å². The van der Waals surface area contributed by atoms with Crippen molar-refractivity contribution in [1.29, 1.82) is 0 Å². The molecule has 2 heterocycles. The molecule has 0 unspecified atom stereocenters. The van der Waals surface area contributed by atoms with Crippen LogP contribution in [0.4, 0.5) is 0 Å². The minimum Gasteiger partial charge on any atom is -0.483 e. The van der Waals surface area contributed by atoms with Crippen molar-refractivity contribution in [3.63, 3.8) is 0 Å². The number of nitrogens with zero attached hydrogens (tertiary/aromatic N) is 3. The maximum atomic E-state index is 12.1. The number of hydrogen-bond acceptors (Lipinski definition) is 4. The van der Waals surface area contributed by atoms with Gasteiger partial charge in [-0.2, -0.15) is 5.10 Å². The zero-order valence-electron chi connectivity index (χ0n) is 13.0. The van der Waals surface area contributed by atoms with E-state index in [-0.39, 0.29) is 12.3 Å². The molecule has 1 N–H and O–H groups in total. The maximum absolute atomic E-state index is 12.1. The molecule has 0 aliphatic heterocycles. The summed E-state index contributed by atoms with van der Waals surface area (Å²) in [6, 6.07) is 16.6. The summed E-state index contributed by atoms with van der Waals surface area (Å²) in [5, 5.41) is 7.92. The van der Waals surface area contributed by atoms with Gasteiger partial charge in [0.25, 0.3) is 0 Å². The topological polar surface area (TPSA) is 72.8 Å². The summed E-state index contributed by atoms with van der Waals surface area (Å²) in [4.78, 5) is 16.5. The van der Waals surface area contributed by atoms with E-state index < -0.39 is 0 Å². The predicted octanol–water partition coefficient (Wildman–Crippen LogP) is 3.34. The van der Waals surface area contributed by atoms with Gasteiger partial charge in [0.15, 0.2) is 5.82 Å². The number of hydrogen-bond donors (Lipinski definition) is 1. The second-order valence-electron chi connectivity index (χ2n) is 5.35. The highest BCUT2D eigenvalue weighted by Gasteiger charge is 2.14. The number of H-pyrrole nitrogens is 1. The van der Waals surface area contributed by atoms with Crippen molar-refractivity contribution in [1.82, 2.24) is 19.7 Å². The van der Waals surface area contributed by atoms with E-state index in [1.165, 1.54) is 4.57 Å². The lowest BCUT2D eigenvalue weighted by Gasteiger charge is -2.10. The molecule has 2 aromatic carbocycles. The summed E-state index contributed by atoms with van der Waals surface area (Å²) in [7, 11) is 0. The van der Waals surface area contributed by atoms with E-state index in [1.54, 1.807) is 30.5 Å². The lowest BCUT2D eigenvalue weighted by atomic mass is 10.2. The molecule has 4 rings (SSSR count). The Labute approximate surface area is 147 Å². The second-order valence-corrected chi connectivity index (χ2v) is 5.76. The van der Waals surface area contributed by atoms with Gasteiger partial charge in [-0.1, -0.05) is 41.9 Å². The Morgan fingerprint density at radius 2 is 1.92 bits per heavy atom. The number of benzene rings is 2. The molecule has 2 aromatic heterocycles. The van der Waals surface area contributed by atoms with E-state index in [9.17, 15) is 4.79 Å². The first-order valence-electron chi connectivity index (χ1n) is 7.62. The van der Waals surface area contributed by atoms with Crippen molar-refractivity contribution in [3.05, 3.63) is 82.1 Å². The predicted molar refractivity (Wildman–Crippen MR) is 95.3 cm³/mol. The van der Waals surface area contributed by atoms with Gasteiger partial charge < -0.3 is 4.74 Å². The van der Waals surface area contributed by atoms with Crippen molar-refractivity contribution in [2.75, 3.05) is 0 Å². The molecular weight excluding hydrogens is 340 g/mol. The second kappa shape index (κ2) is 6.41. The Kier molecular flexibility index (Phi) is 3.95. The first-order chi connectivity index (χ1) is 12.2. The molecule has 0 aliphatic carbocycles. The van der Waals surface area contributed by atoms with Crippen LogP contribution in [0.5, 0.6) is 5.75 Å². The normalized spacial score (nSPS) is 10.9. The highest BCUT2D eigenvalue weighted by molar-refractivity contribution is 6.32. The van der Waals surface area contributed by atoms with Gasteiger partial charge in [0.2, 0.25) is 0 Å².